The number of carbonyl (C=O) groups excluding carboxylic acids is 3. The van der Waals surface area contributed by atoms with Crippen LogP contribution in [0, 0.1) is 11.7 Å². The number of nitrogens with zero attached hydrogens (tertiary/aromatic N) is 2. The van der Waals surface area contributed by atoms with Crippen LogP contribution in [0.3, 0.4) is 0 Å². The quantitative estimate of drug-likeness (QED) is 0.158. The van der Waals surface area contributed by atoms with Crippen molar-refractivity contribution in [1.29, 1.82) is 0 Å². The van der Waals surface area contributed by atoms with Crippen LogP contribution in [-0.4, -0.2) is 61.0 Å². The van der Waals surface area contributed by atoms with Crippen molar-refractivity contribution in [2.24, 2.45) is 5.92 Å². The van der Waals surface area contributed by atoms with E-state index in [1.54, 1.807) is 51.1 Å². The smallest absolute Gasteiger partial charge is 0.471 e. The summed E-state index contributed by atoms with van der Waals surface area (Å²) in [4.78, 5) is 40.5. The second-order valence-electron chi connectivity index (χ2n) is 13.9. The Morgan fingerprint density at radius 3 is 2.17 bits per heavy atom. The summed E-state index contributed by atoms with van der Waals surface area (Å²) in [6.07, 6.45) is -5.54. The number of hydrogen-bond donors (Lipinski definition) is 1. The van der Waals surface area contributed by atoms with Gasteiger partial charge in [-0.25, -0.2) is 9.18 Å². The molecule has 3 rings (SSSR count). The molecule has 0 unspecified atom stereocenters. The van der Waals surface area contributed by atoms with Gasteiger partial charge in [-0.2, -0.15) is 13.2 Å². The lowest BCUT2D eigenvalue weighted by Crippen LogP contribution is -2.46. The van der Waals surface area contributed by atoms with Crippen LogP contribution in [0.1, 0.15) is 72.9 Å². The lowest BCUT2D eigenvalue weighted by Gasteiger charge is -2.30. The van der Waals surface area contributed by atoms with E-state index < -0.39 is 65.2 Å². The van der Waals surface area contributed by atoms with Crippen LogP contribution in [0.5, 0.6) is 5.75 Å². The van der Waals surface area contributed by atoms with E-state index in [1.165, 1.54) is 31.7 Å². The Balaban J connectivity index is 2.20. The van der Waals surface area contributed by atoms with Gasteiger partial charge >= 0.3 is 24.1 Å². The number of fused-ring (bicyclic) bond motifs is 1. The molecule has 1 aliphatic heterocycles. The Bertz CT molecular complexity index is 1420. The first-order valence-electron chi connectivity index (χ1n) is 15.5. The fourth-order valence-electron chi connectivity index (χ4n) is 4.96. The zero-order valence-electron chi connectivity index (χ0n) is 28.2. The van der Waals surface area contributed by atoms with Crippen molar-refractivity contribution in [3.8, 4) is 5.75 Å². The molecule has 0 radical (unpaired) electrons. The molecule has 0 fully saturated rings. The van der Waals surface area contributed by atoms with Gasteiger partial charge in [-0.3, -0.25) is 19.4 Å². The number of nitrogens with one attached hydrogen (secondary N) is 1. The summed E-state index contributed by atoms with van der Waals surface area (Å²) in [6, 6.07) is 9.10. The van der Waals surface area contributed by atoms with E-state index in [0.29, 0.717) is 18.0 Å². The minimum atomic E-state index is -5.48. The van der Waals surface area contributed by atoms with Gasteiger partial charge in [0.1, 0.15) is 35.8 Å². The monoisotopic (exact) mass is 667 g/mol. The van der Waals surface area contributed by atoms with Gasteiger partial charge in [-0.1, -0.05) is 44.2 Å². The van der Waals surface area contributed by atoms with Crippen molar-refractivity contribution in [2.75, 3.05) is 29.4 Å². The van der Waals surface area contributed by atoms with E-state index >= 15 is 4.39 Å². The van der Waals surface area contributed by atoms with Gasteiger partial charge in [0.2, 0.25) is 0 Å². The van der Waals surface area contributed by atoms with Gasteiger partial charge in [-0.05, 0) is 72.4 Å². The fraction of sp³-hybridized carbons (Fsp3) is 0.559. The highest BCUT2D eigenvalue weighted by atomic mass is 19.4. The molecule has 2 aromatic rings. The summed E-state index contributed by atoms with van der Waals surface area (Å²) in [5.41, 5.74) is -2.41. The lowest BCUT2D eigenvalue weighted by molar-refractivity contribution is -0.171. The number of rotatable bonds is 11. The third kappa shape index (κ3) is 10.6. The average Bonchev–Trinajstić information content (AvgIpc) is 3.29. The van der Waals surface area contributed by atoms with E-state index in [0.717, 1.165) is 6.42 Å². The number of halogens is 4. The Hall–Kier alpha value is -3.87. The first kappa shape index (κ1) is 37.6. The standard InChI is InChI=1S/C34H45F4N3O6/c1-21(2)14-15-39-18-23-16-24-25(41(23)31(44)47-33(6,7)8)17-26(45-20-22-12-10-9-11-13-22)29(28(24)35)40(30(43)34(36,37)38)19-27(42)46-32(3,4)5/h9-13,17,21,23,39H,14-16,18-20H2,1-8H3/t23-/m1/s1. The molecule has 1 aliphatic rings. The summed E-state index contributed by atoms with van der Waals surface area (Å²) < 4.78 is 75.5. The Morgan fingerprint density at radius 1 is 1.00 bits per heavy atom. The predicted molar refractivity (Wildman–Crippen MR) is 170 cm³/mol. The molecule has 13 heteroatoms. The van der Waals surface area contributed by atoms with Crippen molar-refractivity contribution in [3.05, 3.63) is 53.3 Å². The molecule has 9 nitrogen and oxygen atoms in total. The molecule has 0 aromatic heterocycles. The molecule has 260 valence electrons. The van der Waals surface area contributed by atoms with Gasteiger partial charge in [0.05, 0.1) is 11.7 Å². The van der Waals surface area contributed by atoms with Gasteiger partial charge in [0.15, 0.2) is 5.82 Å². The summed E-state index contributed by atoms with van der Waals surface area (Å²) in [7, 11) is 0. The van der Waals surface area contributed by atoms with E-state index in [-0.39, 0.29) is 35.7 Å². The second kappa shape index (κ2) is 14.9. The molecule has 0 aliphatic carbocycles. The third-order valence-corrected chi connectivity index (χ3v) is 6.92. The van der Waals surface area contributed by atoms with Crippen LogP contribution in [0.4, 0.5) is 33.7 Å². The minimum absolute atomic E-state index is 0.00393. The number of alkyl halides is 3. The maximum Gasteiger partial charge on any atom is 0.471 e. The molecule has 2 aromatic carbocycles. The normalized spacial score (nSPS) is 15.0. The van der Waals surface area contributed by atoms with Gasteiger partial charge in [0, 0.05) is 18.2 Å². The first-order chi connectivity index (χ1) is 21.7. The molecule has 0 bridgehead atoms. The molecule has 2 amide bonds. The van der Waals surface area contributed by atoms with Gasteiger partial charge in [0.25, 0.3) is 0 Å². The SMILES string of the molecule is CC(C)CCNC[C@H]1Cc2c(cc(OCc3ccccc3)c(N(CC(=O)OC(C)(C)C)C(=O)C(F)(F)F)c2F)N1C(=O)OC(C)(C)C. The number of hydrogen-bond acceptors (Lipinski definition) is 7. The highest BCUT2D eigenvalue weighted by Crippen LogP contribution is 2.45. The van der Waals surface area contributed by atoms with Gasteiger partial charge < -0.3 is 19.5 Å². The van der Waals surface area contributed by atoms with Crippen molar-refractivity contribution in [3.63, 3.8) is 0 Å². The van der Waals surface area contributed by atoms with Crippen LogP contribution in [0.2, 0.25) is 0 Å². The predicted octanol–water partition coefficient (Wildman–Crippen LogP) is 6.94. The number of amides is 2. The number of anilines is 2. The van der Waals surface area contributed by atoms with E-state index in [4.69, 9.17) is 14.2 Å². The maximum atomic E-state index is 16.8. The van der Waals surface area contributed by atoms with Crippen molar-refractivity contribution < 1.29 is 46.2 Å². The fourth-order valence-corrected chi connectivity index (χ4v) is 4.96. The van der Waals surface area contributed by atoms with Crippen molar-refractivity contribution in [2.45, 2.75) is 98.3 Å². The van der Waals surface area contributed by atoms with E-state index in [1.807, 2.05) is 0 Å². The zero-order chi connectivity index (χ0) is 35.3. The van der Waals surface area contributed by atoms with Crippen molar-refractivity contribution in [1.82, 2.24) is 5.32 Å². The van der Waals surface area contributed by atoms with Crippen LogP contribution in [0.25, 0.3) is 0 Å². The summed E-state index contributed by atoms with van der Waals surface area (Å²) in [5.74, 6) is -4.98. The van der Waals surface area contributed by atoms with E-state index in [9.17, 15) is 27.6 Å². The topological polar surface area (TPSA) is 97.4 Å². The summed E-state index contributed by atoms with van der Waals surface area (Å²) >= 11 is 0. The molecule has 47 heavy (non-hydrogen) atoms. The van der Waals surface area contributed by atoms with E-state index in [2.05, 4.69) is 19.2 Å². The van der Waals surface area contributed by atoms with Crippen LogP contribution < -0.4 is 19.9 Å². The second-order valence-corrected chi connectivity index (χ2v) is 13.9. The maximum absolute atomic E-state index is 16.8. The Kier molecular flexibility index (Phi) is 11.9. The van der Waals surface area contributed by atoms with Crippen LogP contribution >= 0.6 is 0 Å². The summed E-state index contributed by atoms with van der Waals surface area (Å²) in [5, 5.41) is 3.27. The lowest BCUT2D eigenvalue weighted by atomic mass is 10.1. The molecule has 1 atom stereocenters. The highest BCUT2D eigenvalue weighted by molar-refractivity contribution is 6.03. The summed E-state index contributed by atoms with van der Waals surface area (Å²) in [6.45, 7) is 13.0. The molecule has 0 saturated heterocycles. The molecular weight excluding hydrogens is 622 g/mol. The van der Waals surface area contributed by atoms with Crippen LogP contribution in [-0.2, 0) is 32.1 Å². The molecule has 1 heterocycles. The number of ether oxygens (including phenoxy) is 3. The zero-order valence-corrected chi connectivity index (χ0v) is 28.2. The number of esters is 1. The Morgan fingerprint density at radius 2 is 1.62 bits per heavy atom. The molecular formula is C34H45F4N3O6. The number of benzene rings is 2. The average molecular weight is 668 g/mol. The third-order valence-electron chi connectivity index (χ3n) is 6.92. The first-order valence-corrected chi connectivity index (χ1v) is 15.5. The largest absolute Gasteiger partial charge is 0.487 e. The van der Waals surface area contributed by atoms with Gasteiger partial charge in [-0.15, -0.1) is 0 Å². The van der Waals surface area contributed by atoms with Crippen LogP contribution in [0.15, 0.2) is 36.4 Å². The number of carbonyl (C=O) groups is 3. The van der Waals surface area contributed by atoms with Crippen molar-refractivity contribution >= 4 is 29.3 Å². The molecule has 1 N–H and O–H groups in total. The molecule has 0 saturated carbocycles. The highest BCUT2D eigenvalue weighted by Gasteiger charge is 2.47. The Labute approximate surface area is 273 Å². The minimum Gasteiger partial charge on any atom is -0.487 e. The molecule has 0 spiro atoms.